The van der Waals surface area contributed by atoms with Crippen LogP contribution in [0.15, 0.2) is 24.3 Å². The minimum absolute atomic E-state index is 0.168. The number of hydrogen-bond acceptors (Lipinski definition) is 2. The molecule has 2 atom stereocenters. The Morgan fingerprint density at radius 1 is 1.21 bits per heavy atom. The van der Waals surface area contributed by atoms with E-state index >= 15 is 0 Å². The quantitative estimate of drug-likeness (QED) is 0.882. The minimum Gasteiger partial charge on any atom is -0.371 e. The van der Waals surface area contributed by atoms with E-state index < -0.39 is 0 Å². The molecule has 1 fully saturated rings. The highest BCUT2D eigenvalue weighted by molar-refractivity contribution is 5.55. The summed E-state index contributed by atoms with van der Waals surface area (Å²) >= 11 is 0. The molecule has 1 aliphatic rings. The van der Waals surface area contributed by atoms with Crippen LogP contribution >= 0.6 is 0 Å². The molecule has 2 heteroatoms. The lowest BCUT2D eigenvalue weighted by molar-refractivity contribution is 0.459. The summed E-state index contributed by atoms with van der Waals surface area (Å²) in [7, 11) is 0. The fraction of sp³-hybridized carbons (Fsp3) is 0.647. The van der Waals surface area contributed by atoms with E-state index in [1.54, 1.807) is 0 Å². The van der Waals surface area contributed by atoms with Crippen molar-refractivity contribution in [1.29, 1.82) is 0 Å². The molecule has 0 aliphatic carbocycles. The van der Waals surface area contributed by atoms with Gasteiger partial charge in [0.1, 0.15) is 0 Å². The summed E-state index contributed by atoms with van der Waals surface area (Å²) < 4.78 is 0. The third-order valence-corrected chi connectivity index (χ3v) is 4.54. The van der Waals surface area contributed by atoms with Crippen molar-refractivity contribution in [1.82, 2.24) is 0 Å². The summed E-state index contributed by atoms with van der Waals surface area (Å²) in [6, 6.07) is 8.87. The highest BCUT2D eigenvalue weighted by Crippen LogP contribution is 2.30. The van der Waals surface area contributed by atoms with E-state index in [1.807, 2.05) is 0 Å². The molecule has 1 aromatic rings. The number of hydrogen-bond donors (Lipinski definition) is 1. The van der Waals surface area contributed by atoms with Crippen LogP contribution < -0.4 is 10.6 Å². The van der Waals surface area contributed by atoms with Crippen LogP contribution in [-0.4, -0.2) is 13.1 Å². The third kappa shape index (κ3) is 3.50. The van der Waals surface area contributed by atoms with Crippen LogP contribution in [0.4, 0.5) is 5.69 Å². The Morgan fingerprint density at radius 2 is 2.00 bits per heavy atom. The van der Waals surface area contributed by atoms with Gasteiger partial charge in [-0.3, -0.25) is 0 Å². The summed E-state index contributed by atoms with van der Waals surface area (Å²) in [5.41, 5.74) is 8.96. The maximum absolute atomic E-state index is 6.27. The molecule has 0 aromatic heterocycles. The highest BCUT2D eigenvalue weighted by Gasteiger charge is 2.19. The van der Waals surface area contributed by atoms with Crippen molar-refractivity contribution in [3.63, 3.8) is 0 Å². The average Bonchev–Trinajstić information content (AvgIpc) is 2.71. The Balaban J connectivity index is 2.17. The molecule has 1 aromatic carbocycles. The molecule has 0 amide bonds. The second kappa shape index (κ2) is 6.95. The van der Waals surface area contributed by atoms with Gasteiger partial charge >= 0.3 is 0 Å². The number of benzene rings is 1. The first-order valence-corrected chi connectivity index (χ1v) is 7.85. The van der Waals surface area contributed by atoms with Gasteiger partial charge in [0.2, 0.25) is 0 Å². The third-order valence-electron chi connectivity index (χ3n) is 4.54. The Kier molecular flexibility index (Phi) is 5.26. The second-order valence-corrected chi connectivity index (χ2v) is 5.77. The van der Waals surface area contributed by atoms with E-state index in [2.05, 4.69) is 43.0 Å². The Hall–Kier alpha value is -1.02. The molecule has 1 saturated heterocycles. The number of rotatable bonds is 4. The summed E-state index contributed by atoms with van der Waals surface area (Å²) in [5, 5.41) is 0. The van der Waals surface area contributed by atoms with Crippen LogP contribution in [0.5, 0.6) is 0 Å². The van der Waals surface area contributed by atoms with Gasteiger partial charge in [-0.1, -0.05) is 38.5 Å². The van der Waals surface area contributed by atoms with Crippen molar-refractivity contribution in [2.24, 2.45) is 11.7 Å². The monoisotopic (exact) mass is 260 g/mol. The highest BCUT2D eigenvalue weighted by atomic mass is 15.1. The zero-order valence-electron chi connectivity index (χ0n) is 12.4. The summed E-state index contributed by atoms with van der Waals surface area (Å²) in [4.78, 5) is 2.56. The van der Waals surface area contributed by atoms with Crippen molar-refractivity contribution in [2.75, 3.05) is 18.0 Å². The SMILES string of the molecule is CCC1CCCN(c2ccccc2C(N)CC)CC1. The van der Waals surface area contributed by atoms with E-state index in [9.17, 15) is 0 Å². The summed E-state index contributed by atoms with van der Waals surface area (Å²) in [6.07, 6.45) is 6.35. The fourth-order valence-corrected chi connectivity index (χ4v) is 3.12. The number of nitrogens with zero attached hydrogens (tertiary/aromatic N) is 1. The van der Waals surface area contributed by atoms with E-state index in [4.69, 9.17) is 5.73 Å². The van der Waals surface area contributed by atoms with Gasteiger partial charge in [-0.05, 0) is 43.2 Å². The van der Waals surface area contributed by atoms with Crippen molar-refractivity contribution in [3.05, 3.63) is 29.8 Å². The number of anilines is 1. The lowest BCUT2D eigenvalue weighted by Gasteiger charge is -2.27. The normalized spacial score (nSPS) is 22.1. The molecule has 19 heavy (non-hydrogen) atoms. The molecular weight excluding hydrogens is 232 g/mol. The molecule has 2 N–H and O–H groups in total. The molecule has 0 radical (unpaired) electrons. The first-order chi connectivity index (χ1) is 9.26. The van der Waals surface area contributed by atoms with Crippen molar-refractivity contribution in [2.45, 2.75) is 52.0 Å². The van der Waals surface area contributed by atoms with Gasteiger partial charge in [-0.2, -0.15) is 0 Å². The molecule has 1 heterocycles. The molecule has 2 rings (SSSR count). The molecule has 0 spiro atoms. The predicted molar refractivity (Wildman–Crippen MR) is 83.5 cm³/mol. The largest absolute Gasteiger partial charge is 0.371 e. The second-order valence-electron chi connectivity index (χ2n) is 5.77. The van der Waals surface area contributed by atoms with Crippen LogP contribution in [0.2, 0.25) is 0 Å². The fourth-order valence-electron chi connectivity index (χ4n) is 3.12. The van der Waals surface area contributed by atoms with Crippen molar-refractivity contribution in [3.8, 4) is 0 Å². The van der Waals surface area contributed by atoms with Gasteiger partial charge in [0.05, 0.1) is 0 Å². The lowest BCUT2D eigenvalue weighted by atomic mass is 9.98. The lowest BCUT2D eigenvalue weighted by Crippen LogP contribution is -2.26. The Labute approximate surface area is 118 Å². The predicted octanol–water partition coefficient (Wildman–Crippen LogP) is 4.11. The first kappa shape index (κ1) is 14.4. The van der Waals surface area contributed by atoms with Crippen LogP contribution in [0.25, 0.3) is 0 Å². The minimum atomic E-state index is 0.168. The Morgan fingerprint density at radius 3 is 2.74 bits per heavy atom. The zero-order valence-corrected chi connectivity index (χ0v) is 12.4. The number of para-hydroxylation sites is 1. The first-order valence-electron chi connectivity index (χ1n) is 7.85. The Bertz CT molecular complexity index is 389. The molecule has 0 bridgehead atoms. The molecular formula is C17H28N2. The van der Waals surface area contributed by atoms with E-state index in [0.29, 0.717) is 0 Å². The van der Waals surface area contributed by atoms with Gasteiger partial charge in [0, 0.05) is 24.8 Å². The molecule has 2 unspecified atom stereocenters. The molecule has 0 saturated carbocycles. The summed E-state index contributed by atoms with van der Waals surface area (Å²) in [6.45, 7) is 6.86. The average molecular weight is 260 g/mol. The standard InChI is InChI=1S/C17H28N2/c1-3-14-8-7-12-19(13-11-14)17-10-6-5-9-15(17)16(18)4-2/h5-6,9-10,14,16H,3-4,7-8,11-13,18H2,1-2H3. The molecule has 2 nitrogen and oxygen atoms in total. The van der Waals surface area contributed by atoms with Crippen LogP contribution in [-0.2, 0) is 0 Å². The van der Waals surface area contributed by atoms with Crippen LogP contribution in [0.3, 0.4) is 0 Å². The molecule has 106 valence electrons. The van der Waals surface area contributed by atoms with Crippen molar-refractivity contribution >= 4 is 5.69 Å². The molecule has 1 aliphatic heterocycles. The number of nitrogens with two attached hydrogens (primary N) is 1. The zero-order chi connectivity index (χ0) is 13.7. The van der Waals surface area contributed by atoms with Gasteiger partial charge in [-0.25, -0.2) is 0 Å². The van der Waals surface area contributed by atoms with Gasteiger partial charge in [0.25, 0.3) is 0 Å². The van der Waals surface area contributed by atoms with Crippen LogP contribution in [0.1, 0.15) is 57.6 Å². The summed E-state index contributed by atoms with van der Waals surface area (Å²) in [5.74, 6) is 0.914. The van der Waals surface area contributed by atoms with Gasteiger partial charge < -0.3 is 10.6 Å². The maximum Gasteiger partial charge on any atom is 0.0414 e. The van der Waals surface area contributed by atoms with E-state index in [1.165, 1.54) is 50.0 Å². The smallest absolute Gasteiger partial charge is 0.0414 e. The van der Waals surface area contributed by atoms with E-state index in [0.717, 1.165) is 12.3 Å². The maximum atomic E-state index is 6.27. The van der Waals surface area contributed by atoms with Crippen molar-refractivity contribution < 1.29 is 0 Å². The van der Waals surface area contributed by atoms with Crippen LogP contribution in [0, 0.1) is 5.92 Å². The van der Waals surface area contributed by atoms with Gasteiger partial charge in [0.15, 0.2) is 0 Å². The van der Waals surface area contributed by atoms with Gasteiger partial charge in [-0.15, -0.1) is 0 Å². The topological polar surface area (TPSA) is 29.3 Å². The van der Waals surface area contributed by atoms with E-state index in [-0.39, 0.29) is 6.04 Å².